The highest BCUT2D eigenvalue weighted by atomic mass is 35.5. The molecule has 1 unspecified atom stereocenters. The number of rotatable bonds is 1. The van der Waals surface area contributed by atoms with Gasteiger partial charge in [0.1, 0.15) is 5.82 Å². The molecule has 88 valence electrons. The zero-order valence-corrected chi connectivity index (χ0v) is 10.2. The number of nitrogens with two attached hydrogens (primary N) is 1. The molecule has 4 heteroatoms. The van der Waals surface area contributed by atoms with E-state index in [-0.39, 0.29) is 6.04 Å². The fourth-order valence-electron chi connectivity index (χ4n) is 2.32. The summed E-state index contributed by atoms with van der Waals surface area (Å²) in [7, 11) is 0. The SMILES string of the molecule is NC1CCn2c(cnc2-c2ccc(Cl)cc2)C1. The summed E-state index contributed by atoms with van der Waals surface area (Å²) < 4.78 is 2.26. The Bertz CT molecular complexity index is 530. The zero-order valence-electron chi connectivity index (χ0n) is 9.44. The van der Waals surface area contributed by atoms with Crippen LogP contribution in [0.25, 0.3) is 11.4 Å². The molecule has 0 fully saturated rings. The van der Waals surface area contributed by atoms with Gasteiger partial charge in [-0.15, -0.1) is 0 Å². The van der Waals surface area contributed by atoms with Crippen LogP contribution < -0.4 is 5.73 Å². The largest absolute Gasteiger partial charge is 0.328 e. The molecule has 0 saturated heterocycles. The number of benzene rings is 1. The third-order valence-corrected chi connectivity index (χ3v) is 3.49. The van der Waals surface area contributed by atoms with Crippen LogP contribution in [-0.2, 0) is 13.0 Å². The summed E-state index contributed by atoms with van der Waals surface area (Å²) in [5, 5.41) is 0.751. The Morgan fingerprint density at radius 3 is 2.82 bits per heavy atom. The molecule has 2 N–H and O–H groups in total. The minimum absolute atomic E-state index is 0.275. The first kappa shape index (κ1) is 10.8. The molecule has 0 radical (unpaired) electrons. The van der Waals surface area contributed by atoms with Gasteiger partial charge in [-0.2, -0.15) is 0 Å². The van der Waals surface area contributed by atoms with Crippen LogP contribution in [0, 0.1) is 0 Å². The van der Waals surface area contributed by atoms with Gasteiger partial charge in [-0.05, 0) is 30.7 Å². The normalized spacial score (nSPS) is 19.1. The lowest BCUT2D eigenvalue weighted by molar-refractivity contribution is 0.474. The summed E-state index contributed by atoms with van der Waals surface area (Å²) in [6.07, 6.45) is 3.87. The van der Waals surface area contributed by atoms with Gasteiger partial charge in [0.25, 0.3) is 0 Å². The van der Waals surface area contributed by atoms with Gasteiger partial charge in [0.15, 0.2) is 0 Å². The Morgan fingerprint density at radius 2 is 2.06 bits per heavy atom. The van der Waals surface area contributed by atoms with Crippen LogP contribution in [-0.4, -0.2) is 15.6 Å². The van der Waals surface area contributed by atoms with E-state index in [9.17, 15) is 0 Å². The number of nitrogens with zero attached hydrogens (tertiary/aromatic N) is 2. The van der Waals surface area contributed by atoms with E-state index in [1.165, 1.54) is 5.69 Å². The summed E-state index contributed by atoms with van der Waals surface area (Å²) in [4.78, 5) is 4.50. The Kier molecular flexibility index (Phi) is 2.65. The van der Waals surface area contributed by atoms with Crippen molar-refractivity contribution in [2.24, 2.45) is 5.73 Å². The first-order valence-electron chi connectivity index (χ1n) is 5.80. The van der Waals surface area contributed by atoms with Gasteiger partial charge in [-0.1, -0.05) is 11.6 Å². The maximum Gasteiger partial charge on any atom is 0.140 e. The molecular formula is C13H14ClN3. The summed E-state index contributed by atoms with van der Waals surface area (Å²) in [6.45, 7) is 0.953. The lowest BCUT2D eigenvalue weighted by atomic mass is 10.1. The molecule has 3 nitrogen and oxygen atoms in total. The van der Waals surface area contributed by atoms with Crippen LogP contribution in [0.3, 0.4) is 0 Å². The first-order chi connectivity index (χ1) is 8.24. The summed E-state index contributed by atoms with van der Waals surface area (Å²) >= 11 is 5.89. The molecule has 0 bridgehead atoms. The van der Waals surface area contributed by atoms with Crippen molar-refractivity contribution in [2.45, 2.75) is 25.4 Å². The van der Waals surface area contributed by atoms with Crippen LogP contribution >= 0.6 is 11.6 Å². The number of hydrogen-bond acceptors (Lipinski definition) is 2. The Balaban J connectivity index is 2.02. The number of halogens is 1. The third-order valence-electron chi connectivity index (χ3n) is 3.24. The van der Waals surface area contributed by atoms with Gasteiger partial charge in [-0.25, -0.2) is 4.98 Å². The van der Waals surface area contributed by atoms with E-state index in [1.807, 2.05) is 30.5 Å². The molecule has 3 rings (SSSR count). The predicted molar refractivity (Wildman–Crippen MR) is 69.0 cm³/mol. The highest BCUT2D eigenvalue weighted by Gasteiger charge is 2.19. The molecule has 2 heterocycles. The summed E-state index contributed by atoms with van der Waals surface area (Å²) in [5.41, 5.74) is 8.30. The molecule has 0 saturated carbocycles. The third kappa shape index (κ3) is 1.96. The molecule has 2 aromatic rings. The Labute approximate surface area is 105 Å². The zero-order chi connectivity index (χ0) is 11.8. The highest BCUT2D eigenvalue weighted by molar-refractivity contribution is 6.30. The monoisotopic (exact) mass is 247 g/mol. The summed E-state index contributed by atoms with van der Waals surface area (Å²) in [5.74, 6) is 1.02. The molecule has 1 aromatic heterocycles. The van der Waals surface area contributed by atoms with Crippen molar-refractivity contribution in [1.29, 1.82) is 0 Å². The lowest BCUT2D eigenvalue weighted by Gasteiger charge is -2.21. The van der Waals surface area contributed by atoms with Crippen molar-refractivity contribution in [2.75, 3.05) is 0 Å². The predicted octanol–water partition coefficient (Wildman–Crippen LogP) is 2.48. The molecule has 0 amide bonds. The molecule has 1 aromatic carbocycles. The van der Waals surface area contributed by atoms with Crippen molar-refractivity contribution in [3.05, 3.63) is 41.2 Å². The molecular weight excluding hydrogens is 234 g/mol. The molecule has 1 aliphatic rings. The second kappa shape index (κ2) is 4.17. The van der Waals surface area contributed by atoms with Crippen molar-refractivity contribution in [3.8, 4) is 11.4 Å². The summed E-state index contributed by atoms with van der Waals surface area (Å²) in [6, 6.07) is 8.08. The standard InChI is InChI=1S/C13H14ClN3/c14-10-3-1-9(2-4-10)13-16-8-12-7-11(15)5-6-17(12)13/h1-4,8,11H,5-7,15H2. The van der Waals surface area contributed by atoms with Gasteiger partial charge in [-0.3, -0.25) is 0 Å². The van der Waals surface area contributed by atoms with Crippen molar-refractivity contribution in [1.82, 2.24) is 9.55 Å². The fourth-order valence-corrected chi connectivity index (χ4v) is 2.44. The van der Waals surface area contributed by atoms with E-state index in [0.717, 1.165) is 35.8 Å². The van der Waals surface area contributed by atoms with Gasteiger partial charge < -0.3 is 10.3 Å². The van der Waals surface area contributed by atoms with Gasteiger partial charge in [0.05, 0.1) is 0 Å². The van der Waals surface area contributed by atoms with E-state index in [2.05, 4.69) is 9.55 Å². The quantitative estimate of drug-likeness (QED) is 0.841. The Morgan fingerprint density at radius 1 is 1.29 bits per heavy atom. The maximum absolute atomic E-state index is 5.96. The van der Waals surface area contributed by atoms with Crippen LogP contribution in [0.4, 0.5) is 0 Å². The second-order valence-electron chi connectivity index (χ2n) is 4.48. The number of aromatic nitrogens is 2. The minimum atomic E-state index is 0.275. The van der Waals surface area contributed by atoms with Crippen LogP contribution in [0.2, 0.25) is 5.02 Å². The van der Waals surface area contributed by atoms with Crippen LogP contribution in [0.1, 0.15) is 12.1 Å². The first-order valence-corrected chi connectivity index (χ1v) is 6.18. The molecule has 0 spiro atoms. The number of imidazole rings is 1. The van der Waals surface area contributed by atoms with Crippen LogP contribution in [0.15, 0.2) is 30.5 Å². The molecule has 1 atom stereocenters. The minimum Gasteiger partial charge on any atom is -0.328 e. The van der Waals surface area contributed by atoms with Gasteiger partial charge >= 0.3 is 0 Å². The van der Waals surface area contributed by atoms with Crippen molar-refractivity contribution < 1.29 is 0 Å². The van der Waals surface area contributed by atoms with Crippen molar-refractivity contribution >= 4 is 11.6 Å². The molecule has 0 aliphatic carbocycles. The molecule has 1 aliphatic heterocycles. The highest BCUT2D eigenvalue weighted by Crippen LogP contribution is 2.25. The Hall–Kier alpha value is -1.32. The fraction of sp³-hybridized carbons (Fsp3) is 0.308. The maximum atomic E-state index is 5.96. The van der Waals surface area contributed by atoms with Gasteiger partial charge in [0.2, 0.25) is 0 Å². The van der Waals surface area contributed by atoms with E-state index in [0.29, 0.717) is 0 Å². The van der Waals surface area contributed by atoms with Crippen LogP contribution in [0.5, 0.6) is 0 Å². The van der Waals surface area contributed by atoms with E-state index < -0.39 is 0 Å². The lowest BCUT2D eigenvalue weighted by Crippen LogP contribution is -2.30. The molecule has 17 heavy (non-hydrogen) atoms. The average Bonchev–Trinajstić information content (AvgIpc) is 2.73. The van der Waals surface area contributed by atoms with E-state index in [4.69, 9.17) is 17.3 Å². The number of fused-ring (bicyclic) bond motifs is 1. The van der Waals surface area contributed by atoms with E-state index >= 15 is 0 Å². The average molecular weight is 248 g/mol. The topological polar surface area (TPSA) is 43.8 Å². The number of hydrogen-bond donors (Lipinski definition) is 1. The van der Waals surface area contributed by atoms with E-state index in [1.54, 1.807) is 0 Å². The van der Waals surface area contributed by atoms with Crippen molar-refractivity contribution in [3.63, 3.8) is 0 Å². The van der Waals surface area contributed by atoms with Gasteiger partial charge in [0, 0.05) is 41.5 Å². The second-order valence-corrected chi connectivity index (χ2v) is 4.92. The smallest absolute Gasteiger partial charge is 0.140 e.